The van der Waals surface area contributed by atoms with Crippen LogP contribution in [0, 0.1) is 5.92 Å². The van der Waals surface area contributed by atoms with Crippen LogP contribution in [-0.2, 0) is 16.6 Å². The minimum absolute atomic E-state index is 0.00674. The summed E-state index contributed by atoms with van der Waals surface area (Å²) in [6.07, 6.45) is 1.60. The lowest BCUT2D eigenvalue weighted by atomic mass is 10.1. The van der Waals surface area contributed by atoms with Gasteiger partial charge in [-0.15, -0.1) is 0 Å². The molecule has 0 atom stereocenters. The quantitative estimate of drug-likeness (QED) is 0.618. The molecule has 9 heteroatoms. The van der Waals surface area contributed by atoms with E-state index in [4.69, 9.17) is 10.5 Å². The maximum Gasteiger partial charge on any atom is 0.246 e. The monoisotopic (exact) mass is 431 g/mol. The number of aromatic nitrogens is 3. The Morgan fingerprint density at radius 1 is 1.20 bits per heavy atom. The van der Waals surface area contributed by atoms with Crippen molar-refractivity contribution in [3.63, 3.8) is 0 Å². The van der Waals surface area contributed by atoms with E-state index >= 15 is 0 Å². The third kappa shape index (κ3) is 4.57. The molecule has 3 N–H and O–H groups in total. The van der Waals surface area contributed by atoms with Crippen molar-refractivity contribution in [2.45, 2.75) is 51.6 Å². The fourth-order valence-corrected chi connectivity index (χ4v) is 4.84. The average Bonchev–Trinajstić information content (AvgIpc) is 2.93. The van der Waals surface area contributed by atoms with Gasteiger partial charge in [-0.1, -0.05) is 19.9 Å². The standard InChI is InChI=1S/C21H29N5O3S/c1-13(2)12-26-17-9-14(7-8-16(17)24-20(26)22)15-10-18(19(29-6)23-11-15)30(27,28)25-21(3,4)5/h7-11,13,25H,12H2,1-6H3,(H2,22,24). The normalized spacial score (nSPS) is 12.6. The molecule has 0 spiro atoms. The summed E-state index contributed by atoms with van der Waals surface area (Å²) < 4.78 is 35.7. The van der Waals surface area contributed by atoms with Crippen LogP contribution in [0.25, 0.3) is 22.2 Å². The summed E-state index contributed by atoms with van der Waals surface area (Å²) in [5.74, 6) is 0.906. The molecule has 162 valence electrons. The number of methoxy groups -OCH3 is 1. The summed E-state index contributed by atoms with van der Waals surface area (Å²) in [6.45, 7) is 10.3. The van der Waals surface area contributed by atoms with Crippen LogP contribution < -0.4 is 15.2 Å². The zero-order valence-corrected chi connectivity index (χ0v) is 19.0. The van der Waals surface area contributed by atoms with Gasteiger partial charge in [0.15, 0.2) is 0 Å². The molecule has 0 radical (unpaired) electrons. The summed E-state index contributed by atoms with van der Waals surface area (Å²) in [5, 5.41) is 0. The summed E-state index contributed by atoms with van der Waals surface area (Å²) >= 11 is 0. The molecule has 2 aromatic heterocycles. The lowest BCUT2D eigenvalue weighted by Gasteiger charge is -2.21. The lowest BCUT2D eigenvalue weighted by Crippen LogP contribution is -2.40. The van der Waals surface area contributed by atoms with Crippen molar-refractivity contribution in [3.8, 4) is 17.0 Å². The Morgan fingerprint density at radius 3 is 2.50 bits per heavy atom. The predicted molar refractivity (Wildman–Crippen MR) is 119 cm³/mol. The fraction of sp³-hybridized carbons (Fsp3) is 0.429. The zero-order chi connectivity index (χ0) is 22.3. The third-order valence-electron chi connectivity index (χ3n) is 4.40. The second kappa shape index (κ2) is 7.88. The van der Waals surface area contributed by atoms with Crippen molar-refractivity contribution >= 4 is 27.0 Å². The molecule has 0 fully saturated rings. The summed E-state index contributed by atoms with van der Waals surface area (Å²) in [4.78, 5) is 8.66. The highest BCUT2D eigenvalue weighted by atomic mass is 32.2. The van der Waals surface area contributed by atoms with E-state index in [1.54, 1.807) is 33.0 Å². The maximum atomic E-state index is 12.9. The largest absolute Gasteiger partial charge is 0.480 e. The van der Waals surface area contributed by atoms with Crippen LogP contribution in [0.5, 0.6) is 5.88 Å². The van der Waals surface area contributed by atoms with Gasteiger partial charge in [0, 0.05) is 23.8 Å². The van der Waals surface area contributed by atoms with E-state index in [1.807, 2.05) is 22.8 Å². The van der Waals surface area contributed by atoms with Crippen LogP contribution in [0.1, 0.15) is 34.6 Å². The van der Waals surface area contributed by atoms with E-state index in [0.717, 1.165) is 23.1 Å². The molecule has 2 heterocycles. The van der Waals surface area contributed by atoms with Crippen LogP contribution in [0.2, 0.25) is 0 Å². The van der Waals surface area contributed by atoms with Gasteiger partial charge < -0.3 is 15.0 Å². The van der Waals surface area contributed by atoms with E-state index in [2.05, 4.69) is 28.5 Å². The molecule has 0 aliphatic heterocycles. The molecule has 0 bridgehead atoms. The van der Waals surface area contributed by atoms with Crippen molar-refractivity contribution < 1.29 is 13.2 Å². The molecule has 30 heavy (non-hydrogen) atoms. The number of ether oxygens (including phenoxy) is 1. The van der Waals surface area contributed by atoms with Gasteiger partial charge in [0.05, 0.1) is 18.1 Å². The van der Waals surface area contributed by atoms with Crippen LogP contribution in [0.3, 0.4) is 0 Å². The van der Waals surface area contributed by atoms with Gasteiger partial charge >= 0.3 is 0 Å². The van der Waals surface area contributed by atoms with Gasteiger partial charge in [0.25, 0.3) is 0 Å². The Balaban J connectivity index is 2.13. The molecule has 0 unspecified atom stereocenters. The molecule has 3 aromatic rings. The van der Waals surface area contributed by atoms with Crippen molar-refractivity contribution in [1.29, 1.82) is 0 Å². The third-order valence-corrected chi connectivity index (χ3v) is 6.15. The Kier molecular flexibility index (Phi) is 5.79. The van der Waals surface area contributed by atoms with Gasteiger partial charge in [-0.2, -0.15) is 0 Å². The van der Waals surface area contributed by atoms with Gasteiger partial charge in [-0.05, 0) is 50.5 Å². The van der Waals surface area contributed by atoms with Gasteiger partial charge in [0.1, 0.15) is 4.90 Å². The molecule has 8 nitrogen and oxygen atoms in total. The van der Waals surface area contributed by atoms with E-state index in [-0.39, 0.29) is 10.8 Å². The van der Waals surface area contributed by atoms with E-state index in [9.17, 15) is 8.42 Å². The van der Waals surface area contributed by atoms with Crippen molar-refractivity contribution in [2.24, 2.45) is 5.92 Å². The highest BCUT2D eigenvalue weighted by Gasteiger charge is 2.26. The number of nitrogen functional groups attached to an aromatic ring is 1. The van der Waals surface area contributed by atoms with Gasteiger partial charge in [0.2, 0.25) is 21.9 Å². The Morgan fingerprint density at radius 2 is 1.90 bits per heavy atom. The van der Waals surface area contributed by atoms with Crippen molar-refractivity contribution in [3.05, 3.63) is 30.5 Å². The Labute approximate surface area is 177 Å². The zero-order valence-electron chi connectivity index (χ0n) is 18.2. The van der Waals surface area contributed by atoms with Crippen LogP contribution in [0.4, 0.5) is 5.95 Å². The minimum Gasteiger partial charge on any atom is -0.480 e. The average molecular weight is 432 g/mol. The number of nitrogens with zero attached hydrogens (tertiary/aromatic N) is 3. The molecule has 3 rings (SSSR count). The van der Waals surface area contributed by atoms with Gasteiger partial charge in [-0.25, -0.2) is 23.1 Å². The summed E-state index contributed by atoms with van der Waals surface area (Å²) in [6, 6.07) is 7.29. The smallest absolute Gasteiger partial charge is 0.246 e. The molecule has 0 saturated heterocycles. The number of nitrogens with one attached hydrogen (secondary N) is 1. The first-order valence-corrected chi connectivity index (χ1v) is 11.2. The number of benzene rings is 1. The number of fused-ring (bicyclic) bond motifs is 1. The lowest BCUT2D eigenvalue weighted by molar-refractivity contribution is 0.384. The molecule has 0 aliphatic carbocycles. The highest BCUT2D eigenvalue weighted by Crippen LogP contribution is 2.31. The summed E-state index contributed by atoms with van der Waals surface area (Å²) in [5.41, 5.74) is 8.62. The number of rotatable bonds is 6. The van der Waals surface area contributed by atoms with E-state index in [0.29, 0.717) is 17.4 Å². The number of sulfonamides is 1. The highest BCUT2D eigenvalue weighted by molar-refractivity contribution is 7.89. The Hall–Kier alpha value is -2.65. The first-order chi connectivity index (χ1) is 13.9. The molecule has 1 aromatic carbocycles. The number of pyridine rings is 1. The SMILES string of the molecule is COc1ncc(-c2ccc3nc(N)n(CC(C)C)c3c2)cc1S(=O)(=O)NC(C)(C)C. The number of hydrogen-bond donors (Lipinski definition) is 2. The van der Waals surface area contributed by atoms with Crippen LogP contribution in [0.15, 0.2) is 35.4 Å². The molecule has 0 aliphatic rings. The molecule has 0 amide bonds. The number of anilines is 1. The number of nitrogens with two attached hydrogens (primary N) is 1. The number of imidazole rings is 1. The van der Waals surface area contributed by atoms with Crippen molar-refractivity contribution in [2.75, 3.05) is 12.8 Å². The van der Waals surface area contributed by atoms with Gasteiger partial charge in [-0.3, -0.25) is 0 Å². The topological polar surface area (TPSA) is 112 Å². The first-order valence-electron chi connectivity index (χ1n) is 9.75. The minimum atomic E-state index is -3.83. The van der Waals surface area contributed by atoms with Crippen LogP contribution in [-0.4, -0.2) is 35.6 Å². The maximum absolute atomic E-state index is 12.9. The summed E-state index contributed by atoms with van der Waals surface area (Å²) in [7, 11) is -2.43. The molecular formula is C21H29N5O3S. The second-order valence-corrected chi connectivity index (χ2v) is 10.4. The van der Waals surface area contributed by atoms with Crippen LogP contribution >= 0.6 is 0 Å². The number of hydrogen-bond acceptors (Lipinski definition) is 6. The van der Waals surface area contributed by atoms with E-state index in [1.165, 1.54) is 7.11 Å². The molecule has 0 saturated carbocycles. The first kappa shape index (κ1) is 22.0. The fourth-order valence-electron chi connectivity index (χ4n) is 3.27. The van der Waals surface area contributed by atoms with Crippen molar-refractivity contribution in [1.82, 2.24) is 19.3 Å². The molecular weight excluding hydrogens is 402 g/mol. The second-order valence-electron chi connectivity index (χ2n) is 8.76. The van der Waals surface area contributed by atoms with E-state index < -0.39 is 15.6 Å². The predicted octanol–water partition coefficient (Wildman–Crippen LogP) is 3.42. The Bertz CT molecular complexity index is 1180.